The minimum Gasteiger partial charge on any atom is -0.297 e. The number of nitrogens with zero attached hydrogens (tertiary/aromatic N) is 4. The highest BCUT2D eigenvalue weighted by atomic mass is 35.5. The van der Waals surface area contributed by atoms with E-state index in [0.29, 0.717) is 5.25 Å². The van der Waals surface area contributed by atoms with E-state index in [-0.39, 0.29) is 0 Å². The first-order valence-corrected chi connectivity index (χ1v) is 8.44. The van der Waals surface area contributed by atoms with E-state index in [4.69, 9.17) is 11.6 Å². The van der Waals surface area contributed by atoms with Crippen LogP contribution in [0.1, 0.15) is 18.5 Å². The summed E-state index contributed by atoms with van der Waals surface area (Å²) in [6.45, 7) is 3.22. The van der Waals surface area contributed by atoms with E-state index in [0.717, 1.165) is 24.7 Å². The summed E-state index contributed by atoms with van der Waals surface area (Å²) in [6, 6.07) is 8.16. The molecule has 1 fully saturated rings. The lowest BCUT2D eigenvalue weighted by molar-refractivity contribution is 0.219. The summed E-state index contributed by atoms with van der Waals surface area (Å²) in [5.74, 6) is 0. The highest BCUT2D eigenvalue weighted by Gasteiger charge is 2.20. The van der Waals surface area contributed by atoms with Gasteiger partial charge in [-0.05, 0) is 50.2 Å². The SMILES string of the molecule is Cn1nncc1CN1CCC(Sc2ccc(Cl)cc2)CC1. The molecular weight excluding hydrogens is 304 g/mol. The van der Waals surface area contributed by atoms with E-state index in [1.807, 2.05) is 41.8 Å². The van der Waals surface area contributed by atoms with E-state index in [1.54, 1.807) is 0 Å². The van der Waals surface area contributed by atoms with Crippen molar-refractivity contribution < 1.29 is 0 Å². The van der Waals surface area contributed by atoms with E-state index in [9.17, 15) is 0 Å². The highest BCUT2D eigenvalue weighted by Crippen LogP contribution is 2.31. The average molecular weight is 323 g/mol. The normalized spacial score (nSPS) is 17.2. The van der Waals surface area contributed by atoms with Gasteiger partial charge in [0, 0.05) is 28.8 Å². The number of hydrogen-bond donors (Lipinski definition) is 0. The van der Waals surface area contributed by atoms with Crippen LogP contribution in [-0.2, 0) is 13.6 Å². The van der Waals surface area contributed by atoms with Crippen LogP contribution in [0.5, 0.6) is 0 Å². The zero-order valence-electron chi connectivity index (χ0n) is 12.1. The third-order valence-electron chi connectivity index (χ3n) is 3.84. The van der Waals surface area contributed by atoms with Gasteiger partial charge in [-0.15, -0.1) is 16.9 Å². The van der Waals surface area contributed by atoms with E-state index in [1.165, 1.54) is 23.4 Å². The minimum absolute atomic E-state index is 0.701. The second-order valence-electron chi connectivity index (χ2n) is 5.40. The van der Waals surface area contributed by atoms with Gasteiger partial charge in [-0.3, -0.25) is 9.58 Å². The fraction of sp³-hybridized carbons (Fsp3) is 0.467. The minimum atomic E-state index is 0.701. The maximum absolute atomic E-state index is 5.93. The highest BCUT2D eigenvalue weighted by molar-refractivity contribution is 8.00. The number of rotatable bonds is 4. The number of aromatic nitrogens is 3. The molecule has 0 radical (unpaired) electrons. The summed E-state index contributed by atoms with van der Waals surface area (Å²) in [4.78, 5) is 3.80. The molecule has 1 saturated heterocycles. The number of benzene rings is 1. The predicted octanol–water partition coefficient (Wildman–Crippen LogP) is 3.23. The molecule has 1 aliphatic rings. The Morgan fingerprint density at radius 3 is 2.57 bits per heavy atom. The maximum Gasteiger partial charge on any atom is 0.0738 e. The molecule has 1 aromatic carbocycles. The Labute approximate surface area is 134 Å². The van der Waals surface area contributed by atoms with Gasteiger partial charge < -0.3 is 0 Å². The van der Waals surface area contributed by atoms with Crippen molar-refractivity contribution >= 4 is 23.4 Å². The molecular formula is C15H19ClN4S. The Morgan fingerprint density at radius 2 is 1.95 bits per heavy atom. The predicted molar refractivity (Wildman–Crippen MR) is 86.6 cm³/mol. The van der Waals surface area contributed by atoms with Crippen LogP contribution in [0, 0.1) is 0 Å². The topological polar surface area (TPSA) is 34.0 Å². The Kier molecular flexibility index (Phi) is 4.83. The van der Waals surface area contributed by atoms with Crippen LogP contribution >= 0.6 is 23.4 Å². The van der Waals surface area contributed by atoms with Gasteiger partial charge in [0.15, 0.2) is 0 Å². The molecule has 1 aromatic heterocycles. The molecule has 0 aliphatic carbocycles. The van der Waals surface area contributed by atoms with Crippen molar-refractivity contribution in [2.75, 3.05) is 13.1 Å². The summed E-state index contributed by atoms with van der Waals surface area (Å²) in [5, 5.41) is 9.43. The second kappa shape index (κ2) is 6.81. The zero-order chi connectivity index (χ0) is 14.7. The molecule has 6 heteroatoms. The zero-order valence-corrected chi connectivity index (χ0v) is 13.6. The maximum atomic E-state index is 5.93. The molecule has 0 saturated carbocycles. The fourth-order valence-corrected chi connectivity index (χ4v) is 3.82. The molecule has 0 bridgehead atoms. The molecule has 0 N–H and O–H groups in total. The van der Waals surface area contributed by atoms with Crippen molar-refractivity contribution in [3.05, 3.63) is 41.2 Å². The standard InChI is InChI=1S/C15H19ClN4S/c1-19-13(10-17-18-19)11-20-8-6-15(7-9-20)21-14-4-2-12(16)3-5-14/h2-5,10,15H,6-9,11H2,1H3. The number of thioether (sulfide) groups is 1. The fourth-order valence-electron chi connectivity index (χ4n) is 2.57. The molecule has 0 amide bonds. The van der Waals surface area contributed by atoms with Crippen LogP contribution in [0.25, 0.3) is 0 Å². The average Bonchev–Trinajstić information content (AvgIpc) is 2.89. The third-order valence-corrected chi connectivity index (χ3v) is 5.45. The third kappa shape index (κ3) is 3.99. The summed E-state index contributed by atoms with van der Waals surface area (Å²) in [6.07, 6.45) is 4.30. The number of hydrogen-bond acceptors (Lipinski definition) is 4. The van der Waals surface area contributed by atoms with Gasteiger partial charge in [-0.2, -0.15) is 0 Å². The van der Waals surface area contributed by atoms with Crippen LogP contribution in [0.4, 0.5) is 0 Å². The van der Waals surface area contributed by atoms with Gasteiger partial charge in [0.25, 0.3) is 0 Å². The number of piperidine rings is 1. The Hall–Kier alpha value is -1.04. The Morgan fingerprint density at radius 1 is 1.24 bits per heavy atom. The molecule has 4 nitrogen and oxygen atoms in total. The van der Waals surface area contributed by atoms with Gasteiger partial charge in [-0.25, -0.2) is 0 Å². The lowest BCUT2D eigenvalue weighted by Gasteiger charge is -2.31. The van der Waals surface area contributed by atoms with Crippen molar-refractivity contribution in [3.8, 4) is 0 Å². The van der Waals surface area contributed by atoms with E-state index in [2.05, 4.69) is 27.3 Å². The molecule has 112 valence electrons. The molecule has 0 atom stereocenters. The smallest absolute Gasteiger partial charge is 0.0738 e. The molecule has 2 heterocycles. The summed E-state index contributed by atoms with van der Waals surface area (Å²) < 4.78 is 1.86. The molecule has 1 aliphatic heterocycles. The van der Waals surface area contributed by atoms with Crippen molar-refractivity contribution in [3.63, 3.8) is 0 Å². The number of likely N-dealkylation sites (tertiary alicyclic amines) is 1. The van der Waals surface area contributed by atoms with Gasteiger partial charge in [0.2, 0.25) is 0 Å². The molecule has 21 heavy (non-hydrogen) atoms. The number of aryl methyl sites for hydroxylation is 1. The van der Waals surface area contributed by atoms with E-state index < -0.39 is 0 Å². The van der Waals surface area contributed by atoms with Gasteiger partial charge in [-0.1, -0.05) is 16.8 Å². The van der Waals surface area contributed by atoms with Crippen molar-refractivity contribution in [1.29, 1.82) is 0 Å². The second-order valence-corrected chi connectivity index (χ2v) is 7.21. The lowest BCUT2D eigenvalue weighted by atomic mass is 10.1. The van der Waals surface area contributed by atoms with E-state index >= 15 is 0 Å². The van der Waals surface area contributed by atoms with Crippen LogP contribution in [0.3, 0.4) is 0 Å². The first kappa shape index (κ1) is 14.9. The molecule has 3 rings (SSSR count). The number of halogens is 1. The van der Waals surface area contributed by atoms with Crippen LogP contribution in [0.2, 0.25) is 5.02 Å². The first-order valence-electron chi connectivity index (χ1n) is 7.19. The van der Waals surface area contributed by atoms with Crippen molar-refractivity contribution in [2.45, 2.75) is 29.5 Å². The van der Waals surface area contributed by atoms with Crippen LogP contribution < -0.4 is 0 Å². The van der Waals surface area contributed by atoms with Crippen molar-refractivity contribution in [1.82, 2.24) is 19.9 Å². The van der Waals surface area contributed by atoms with Crippen LogP contribution in [0.15, 0.2) is 35.4 Å². The molecule has 2 aromatic rings. The Balaban J connectivity index is 1.49. The summed E-state index contributed by atoms with van der Waals surface area (Å²) >= 11 is 7.90. The monoisotopic (exact) mass is 322 g/mol. The van der Waals surface area contributed by atoms with Gasteiger partial charge in [0.1, 0.15) is 0 Å². The van der Waals surface area contributed by atoms with Crippen LogP contribution in [-0.4, -0.2) is 38.2 Å². The van der Waals surface area contributed by atoms with Gasteiger partial charge in [0.05, 0.1) is 11.9 Å². The molecule has 0 spiro atoms. The quantitative estimate of drug-likeness (QED) is 0.865. The summed E-state index contributed by atoms with van der Waals surface area (Å²) in [5.41, 5.74) is 1.18. The Bertz CT molecular complexity index is 576. The lowest BCUT2D eigenvalue weighted by Crippen LogP contribution is -2.34. The first-order chi connectivity index (χ1) is 10.2. The summed E-state index contributed by atoms with van der Waals surface area (Å²) in [7, 11) is 1.95. The molecule has 0 unspecified atom stereocenters. The largest absolute Gasteiger partial charge is 0.297 e. The van der Waals surface area contributed by atoms with Crippen molar-refractivity contribution in [2.24, 2.45) is 7.05 Å². The van der Waals surface area contributed by atoms with Gasteiger partial charge >= 0.3 is 0 Å².